The van der Waals surface area contributed by atoms with Crippen molar-refractivity contribution in [3.8, 4) is 0 Å². The van der Waals surface area contributed by atoms with Gasteiger partial charge in [0.05, 0.1) is 0 Å². The Morgan fingerprint density at radius 1 is 0.696 bits per heavy atom. The van der Waals surface area contributed by atoms with Crippen LogP contribution in [0.4, 0.5) is 0 Å². The number of aliphatic imine (C=N–C) groups is 2. The van der Waals surface area contributed by atoms with E-state index in [2.05, 4.69) is 83.4 Å². The van der Waals surface area contributed by atoms with Gasteiger partial charge in [-0.25, -0.2) is 4.99 Å². The number of benzene rings is 4. The van der Waals surface area contributed by atoms with Crippen LogP contribution in [0.3, 0.4) is 0 Å². The maximum absolute atomic E-state index is 4.21. The molecule has 0 amide bonds. The molecule has 0 atom stereocenters. The second kappa shape index (κ2) is 5.33. The van der Waals surface area contributed by atoms with Gasteiger partial charge in [0.2, 0.25) is 0 Å². The molecule has 0 saturated heterocycles. The first-order valence-corrected chi connectivity index (χ1v) is 7.60. The number of hydrogen-bond donors (Lipinski definition) is 0. The zero-order valence-electron chi connectivity index (χ0n) is 13.0. The average Bonchev–Trinajstić information content (AvgIpc) is 2.63. The summed E-state index contributed by atoms with van der Waals surface area (Å²) in [6.45, 7) is 3.62. The molecule has 0 bridgehead atoms. The molecule has 0 aliphatic rings. The van der Waals surface area contributed by atoms with Gasteiger partial charge in [-0.15, -0.1) is 0 Å². The third-order valence-electron chi connectivity index (χ3n) is 4.36. The summed E-state index contributed by atoms with van der Waals surface area (Å²) in [7, 11) is 1.74. The van der Waals surface area contributed by atoms with Crippen molar-refractivity contribution in [1.29, 1.82) is 0 Å². The molecule has 0 saturated carbocycles. The maximum Gasteiger partial charge on any atom is 0.153 e. The Kier molecular flexibility index (Phi) is 3.16. The molecule has 4 aromatic rings. The topological polar surface area (TPSA) is 24.7 Å². The van der Waals surface area contributed by atoms with E-state index in [0.717, 1.165) is 5.56 Å². The molecule has 0 aliphatic carbocycles. The van der Waals surface area contributed by atoms with E-state index in [0.29, 0.717) is 5.84 Å². The van der Waals surface area contributed by atoms with Crippen LogP contribution in [0.5, 0.6) is 0 Å². The highest BCUT2D eigenvalue weighted by atomic mass is 14.9. The lowest BCUT2D eigenvalue weighted by molar-refractivity contribution is 1.40. The Morgan fingerprint density at radius 2 is 1.17 bits per heavy atom. The molecule has 0 radical (unpaired) electrons. The van der Waals surface area contributed by atoms with Gasteiger partial charge in [0, 0.05) is 12.6 Å². The predicted molar refractivity (Wildman–Crippen MR) is 101 cm³/mol. The van der Waals surface area contributed by atoms with Crippen LogP contribution in [0.1, 0.15) is 5.56 Å². The number of rotatable bonds is 1. The van der Waals surface area contributed by atoms with Gasteiger partial charge in [0.25, 0.3) is 0 Å². The Hall–Kier alpha value is -3.00. The first-order chi connectivity index (χ1) is 11.3. The van der Waals surface area contributed by atoms with Crippen LogP contribution in [0.25, 0.3) is 32.3 Å². The van der Waals surface area contributed by atoms with Gasteiger partial charge in [0.1, 0.15) is 0 Å². The summed E-state index contributed by atoms with van der Waals surface area (Å²) in [4.78, 5) is 8.24. The molecule has 0 aliphatic heterocycles. The second-order valence-corrected chi connectivity index (χ2v) is 5.56. The van der Waals surface area contributed by atoms with Crippen LogP contribution in [0.15, 0.2) is 76.7 Å². The molecular weight excluding hydrogens is 280 g/mol. The van der Waals surface area contributed by atoms with Crippen molar-refractivity contribution in [2.45, 2.75) is 0 Å². The molecule has 23 heavy (non-hydrogen) atoms. The van der Waals surface area contributed by atoms with E-state index in [1.807, 2.05) is 0 Å². The minimum atomic E-state index is 0.670. The van der Waals surface area contributed by atoms with E-state index >= 15 is 0 Å². The summed E-state index contributed by atoms with van der Waals surface area (Å²) in [5.74, 6) is 0.670. The Morgan fingerprint density at radius 3 is 1.65 bits per heavy atom. The van der Waals surface area contributed by atoms with Gasteiger partial charge < -0.3 is 0 Å². The molecule has 0 unspecified atom stereocenters. The molecule has 110 valence electrons. The Balaban J connectivity index is 2.23. The van der Waals surface area contributed by atoms with Crippen molar-refractivity contribution in [2.75, 3.05) is 7.05 Å². The van der Waals surface area contributed by atoms with E-state index in [-0.39, 0.29) is 0 Å². The minimum absolute atomic E-state index is 0.670. The molecule has 0 spiro atoms. The molecule has 0 heterocycles. The van der Waals surface area contributed by atoms with Crippen LogP contribution in [-0.4, -0.2) is 19.6 Å². The van der Waals surface area contributed by atoms with Gasteiger partial charge >= 0.3 is 0 Å². The first-order valence-electron chi connectivity index (χ1n) is 7.60. The Bertz CT molecular complexity index is 1060. The molecule has 0 aromatic heterocycles. The van der Waals surface area contributed by atoms with E-state index in [9.17, 15) is 0 Å². The van der Waals surface area contributed by atoms with E-state index in [1.165, 1.54) is 32.3 Å². The molecule has 4 rings (SSSR count). The second-order valence-electron chi connectivity index (χ2n) is 5.56. The summed E-state index contributed by atoms with van der Waals surface area (Å²) in [6, 6.07) is 23.5. The average molecular weight is 296 g/mol. The van der Waals surface area contributed by atoms with Gasteiger partial charge in [-0.1, -0.05) is 60.7 Å². The van der Waals surface area contributed by atoms with Crippen molar-refractivity contribution in [1.82, 2.24) is 0 Å². The van der Waals surface area contributed by atoms with Crippen LogP contribution >= 0.6 is 0 Å². The minimum Gasteiger partial charge on any atom is -0.270 e. The fourth-order valence-electron chi connectivity index (χ4n) is 3.34. The van der Waals surface area contributed by atoms with Gasteiger partial charge in [-0.3, -0.25) is 4.99 Å². The summed E-state index contributed by atoms with van der Waals surface area (Å²) in [6.07, 6.45) is 0. The molecule has 2 heteroatoms. The molecule has 0 fully saturated rings. The van der Waals surface area contributed by atoms with Crippen molar-refractivity contribution < 1.29 is 0 Å². The summed E-state index contributed by atoms with van der Waals surface area (Å²) < 4.78 is 0. The number of nitrogens with zero attached hydrogens (tertiary/aromatic N) is 2. The van der Waals surface area contributed by atoms with Gasteiger partial charge in [-0.2, -0.15) is 0 Å². The van der Waals surface area contributed by atoms with Crippen molar-refractivity contribution in [3.05, 3.63) is 72.3 Å². The molecule has 2 nitrogen and oxygen atoms in total. The zero-order valence-corrected chi connectivity index (χ0v) is 13.0. The third-order valence-corrected chi connectivity index (χ3v) is 4.36. The lowest BCUT2D eigenvalue weighted by Crippen LogP contribution is -1.96. The standard InChI is InChI=1S/C21H16N2/c1-22-21(23-2)14-11-12-19-17-9-4-3-7-15(17)16-8-5-6-10-18(16)20(19)13-14/h3-13H,1H2,2H3/b23-21-. The zero-order chi connectivity index (χ0) is 15.8. The first kappa shape index (κ1) is 13.6. The number of amidine groups is 1. The Labute approximate surface area is 134 Å². The number of fused-ring (bicyclic) bond motifs is 6. The normalized spacial score (nSPS) is 12.1. The quantitative estimate of drug-likeness (QED) is 0.261. The predicted octanol–water partition coefficient (Wildman–Crippen LogP) is 5.22. The fraction of sp³-hybridized carbons (Fsp3) is 0.0476. The largest absolute Gasteiger partial charge is 0.270 e. The van der Waals surface area contributed by atoms with Crippen molar-refractivity contribution in [2.24, 2.45) is 9.98 Å². The van der Waals surface area contributed by atoms with Crippen LogP contribution in [-0.2, 0) is 0 Å². The van der Waals surface area contributed by atoms with E-state index < -0.39 is 0 Å². The molecule has 4 aromatic carbocycles. The third kappa shape index (κ3) is 2.03. The SMILES string of the molecule is C=N/C(=N\C)c1ccc2c3ccccc3c3ccccc3c2c1. The monoisotopic (exact) mass is 296 g/mol. The van der Waals surface area contributed by atoms with Crippen molar-refractivity contribution >= 4 is 44.9 Å². The smallest absolute Gasteiger partial charge is 0.153 e. The van der Waals surface area contributed by atoms with Gasteiger partial charge in [-0.05, 0) is 45.1 Å². The highest BCUT2D eigenvalue weighted by Gasteiger charge is 2.09. The highest BCUT2D eigenvalue weighted by molar-refractivity contribution is 6.26. The lowest BCUT2D eigenvalue weighted by atomic mass is 9.93. The van der Waals surface area contributed by atoms with E-state index in [4.69, 9.17) is 0 Å². The summed E-state index contributed by atoms with van der Waals surface area (Å²) in [5, 5.41) is 7.56. The van der Waals surface area contributed by atoms with Crippen LogP contribution in [0.2, 0.25) is 0 Å². The fourth-order valence-corrected chi connectivity index (χ4v) is 3.34. The van der Waals surface area contributed by atoms with E-state index in [1.54, 1.807) is 7.05 Å². The van der Waals surface area contributed by atoms with Crippen LogP contribution in [0, 0.1) is 0 Å². The summed E-state index contributed by atoms with van der Waals surface area (Å²) in [5.41, 5.74) is 0.996. The van der Waals surface area contributed by atoms with Gasteiger partial charge in [0.15, 0.2) is 5.84 Å². The molecular formula is C21H16N2. The maximum atomic E-state index is 4.21. The molecule has 0 N–H and O–H groups in total. The summed E-state index contributed by atoms with van der Waals surface area (Å²) >= 11 is 0. The number of hydrogen-bond acceptors (Lipinski definition) is 1. The highest BCUT2D eigenvalue weighted by Crippen LogP contribution is 2.35. The van der Waals surface area contributed by atoms with Crippen molar-refractivity contribution in [3.63, 3.8) is 0 Å². The lowest BCUT2D eigenvalue weighted by Gasteiger charge is -2.11. The van der Waals surface area contributed by atoms with Crippen LogP contribution < -0.4 is 0 Å².